The van der Waals surface area contributed by atoms with Crippen molar-refractivity contribution in [1.82, 2.24) is 0 Å². The summed E-state index contributed by atoms with van der Waals surface area (Å²) in [5.41, 5.74) is -0.192. The molecule has 1 aliphatic rings. The zero-order valence-corrected chi connectivity index (χ0v) is 7.92. The minimum atomic E-state index is -0.207. The van der Waals surface area contributed by atoms with E-state index >= 15 is 0 Å². The van der Waals surface area contributed by atoms with Crippen LogP contribution in [0.3, 0.4) is 0 Å². The molecule has 0 aliphatic carbocycles. The van der Waals surface area contributed by atoms with Gasteiger partial charge in [0, 0.05) is 11.8 Å². The quantitative estimate of drug-likeness (QED) is 0.645. The third kappa shape index (κ3) is 2.29. The molecule has 0 saturated carbocycles. The van der Waals surface area contributed by atoms with Crippen LogP contribution in [0, 0.1) is 5.41 Å². The lowest BCUT2D eigenvalue weighted by atomic mass is 9.87. The van der Waals surface area contributed by atoms with Crippen molar-refractivity contribution in [3.8, 4) is 0 Å². The molecule has 0 atom stereocenters. The van der Waals surface area contributed by atoms with Gasteiger partial charge in [0.25, 0.3) is 0 Å². The van der Waals surface area contributed by atoms with Crippen LogP contribution in [0.25, 0.3) is 0 Å². The van der Waals surface area contributed by atoms with Crippen molar-refractivity contribution >= 4 is 5.78 Å². The van der Waals surface area contributed by atoms with Gasteiger partial charge in [-0.3, -0.25) is 0 Å². The van der Waals surface area contributed by atoms with Gasteiger partial charge in [-0.15, -0.1) is 0 Å². The zero-order valence-electron chi connectivity index (χ0n) is 7.92. The van der Waals surface area contributed by atoms with Gasteiger partial charge in [0.1, 0.15) is 5.78 Å². The summed E-state index contributed by atoms with van der Waals surface area (Å²) < 4.78 is 10.7. The van der Waals surface area contributed by atoms with E-state index in [1.165, 1.54) is 0 Å². The summed E-state index contributed by atoms with van der Waals surface area (Å²) in [6.45, 7) is 6.86. The maximum Gasteiger partial charge on any atom is 0.163 e. The van der Waals surface area contributed by atoms with Crippen molar-refractivity contribution < 1.29 is 14.3 Å². The molecule has 0 aromatic heterocycles. The van der Waals surface area contributed by atoms with Crippen molar-refractivity contribution in [1.29, 1.82) is 0 Å². The highest BCUT2D eigenvalue weighted by atomic mass is 16.7. The number of rotatable bonds is 3. The fourth-order valence-corrected chi connectivity index (χ4v) is 1.53. The molecule has 70 valence electrons. The van der Waals surface area contributed by atoms with Gasteiger partial charge in [-0.25, -0.2) is 0 Å². The first-order valence-electron chi connectivity index (χ1n) is 4.25. The second-order valence-electron chi connectivity index (χ2n) is 3.94. The second kappa shape index (κ2) is 3.54. The zero-order chi connectivity index (χ0) is 9.19. The topological polar surface area (TPSA) is 35.5 Å². The van der Waals surface area contributed by atoms with Crippen molar-refractivity contribution in [2.24, 2.45) is 5.41 Å². The molecule has 0 spiro atoms. The number of carbonyl (C=O) groups is 1. The monoisotopic (exact) mass is 172 g/mol. The van der Waals surface area contributed by atoms with Crippen molar-refractivity contribution in [2.75, 3.05) is 13.2 Å². The van der Waals surface area contributed by atoms with Crippen LogP contribution in [-0.4, -0.2) is 25.3 Å². The third-order valence-electron chi connectivity index (χ3n) is 1.96. The standard InChI is InChI=1S/C9H16O3/c1-7(10)6-9(2,3)8-11-4-5-12-8/h8H,4-6H2,1-3H3. The second-order valence-corrected chi connectivity index (χ2v) is 3.94. The van der Waals surface area contributed by atoms with Gasteiger partial charge >= 0.3 is 0 Å². The van der Waals surface area contributed by atoms with E-state index in [9.17, 15) is 4.79 Å². The molecule has 0 N–H and O–H groups in total. The molecule has 0 bridgehead atoms. The van der Waals surface area contributed by atoms with Gasteiger partial charge in [-0.1, -0.05) is 13.8 Å². The third-order valence-corrected chi connectivity index (χ3v) is 1.96. The van der Waals surface area contributed by atoms with E-state index in [0.29, 0.717) is 19.6 Å². The van der Waals surface area contributed by atoms with Crippen molar-refractivity contribution in [2.45, 2.75) is 33.5 Å². The Balaban J connectivity index is 2.50. The van der Waals surface area contributed by atoms with Crippen LogP contribution in [0.15, 0.2) is 0 Å². The number of ether oxygens (including phenoxy) is 2. The van der Waals surface area contributed by atoms with Gasteiger partial charge in [0.05, 0.1) is 13.2 Å². The summed E-state index contributed by atoms with van der Waals surface area (Å²) in [4.78, 5) is 10.9. The Kier molecular flexibility index (Phi) is 2.85. The van der Waals surface area contributed by atoms with Crippen molar-refractivity contribution in [3.63, 3.8) is 0 Å². The van der Waals surface area contributed by atoms with Gasteiger partial charge in [-0.05, 0) is 6.92 Å². The molecule has 1 aliphatic heterocycles. The molecule has 12 heavy (non-hydrogen) atoms. The van der Waals surface area contributed by atoms with E-state index in [2.05, 4.69) is 0 Å². The highest BCUT2D eigenvalue weighted by molar-refractivity contribution is 5.76. The predicted octanol–water partition coefficient (Wildman–Crippen LogP) is 1.36. The molecule has 0 aromatic carbocycles. The van der Waals surface area contributed by atoms with Crippen LogP contribution in [0.5, 0.6) is 0 Å². The molecule has 1 saturated heterocycles. The minimum absolute atomic E-state index is 0.180. The van der Waals surface area contributed by atoms with E-state index in [-0.39, 0.29) is 17.5 Å². The molecule has 3 heteroatoms. The SMILES string of the molecule is CC(=O)CC(C)(C)C1OCCO1. The molecule has 1 heterocycles. The Labute approximate surface area is 73.0 Å². The first-order valence-corrected chi connectivity index (χ1v) is 4.25. The normalized spacial score (nSPS) is 19.9. The van der Waals surface area contributed by atoms with Crippen LogP contribution in [0.1, 0.15) is 27.2 Å². The van der Waals surface area contributed by atoms with Gasteiger partial charge < -0.3 is 14.3 Å². The first kappa shape index (κ1) is 9.68. The maximum absolute atomic E-state index is 10.9. The molecule has 3 nitrogen and oxygen atoms in total. The van der Waals surface area contributed by atoms with E-state index in [4.69, 9.17) is 9.47 Å². The average molecular weight is 172 g/mol. The Bertz CT molecular complexity index is 169. The maximum atomic E-state index is 10.9. The van der Waals surface area contributed by atoms with E-state index in [1.807, 2.05) is 13.8 Å². The van der Waals surface area contributed by atoms with E-state index < -0.39 is 0 Å². The molecular weight excluding hydrogens is 156 g/mol. The van der Waals surface area contributed by atoms with Gasteiger partial charge in [0.2, 0.25) is 0 Å². The number of carbonyl (C=O) groups excluding carboxylic acids is 1. The number of hydrogen-bond acceptors (Lipinski definition) is 3. The number of ketones is 1. The summed E-state index contributed by atoms with van der Waals surface area (Å²) in [6, 6.07) is 0. The highest BCUT2D eigenvalue weighted by Gasteiger charge is 2.34. The Morgan fingerprint density at radius 2 is 1.92 bits per heavy atom. The van der Waals surface area contributed by atoms with Crippen molar-refractivity contribution in [3.05, 3.63) is 0 Å². The summed E-state index contributed by atoms with van der Waals surface area (Å²) in [5.74, 6) is 0.180. The fraction of sp³-hybridized carbons (Fsp3) is 0.889. The van der Waals surface area contributed by atoms with E-state index in [1.54, 1.807) is 6.92 Å². The summed E-state index contributed by atoms with van der Waals surface area (Å²) in [7, 11) is 0. The Hall–Kier alpha value is -0.410. The summed E-state index contributed by atoms with van der Waals surface area (Å²) >= 11 is 0. The van der Waals surface area contributed by atoms with Crippen LogP contribution < -0.4 is 0 Å². The van der Waals surface area contributed by atoms with Crippen LogP contribution >= 0.6 is 0 Å². The summed E-state index contributed by atoms with van der Waals surface area (Å²) in [5, 5.41) is 0. The molecular formula is C9H16O3. The lowest BCUT2D eigenvalue weighted by Gasteiger charge is -2.28. The molecule has 0 amide bonds. The average Bonchev–Trinajstić information content (AvgIpc) is 2.32. The molecule has 1 rings (SSSR count). The number of Topliss-reactive ketones (excluding diaryl/α,β-unsaturated/α-hetero) is 1. The lowest BCUT2D eigenvalue weighted by molar-refractivity contribution is -0.138. The number of hydrogen-bond donors (Lipinski definition) is 0. The predicted molar refractivity (Wildman–Crippen MR) is 44.8 cm³/mol. The lowest BCUT2D eigenvalue weighted by Crippen LogP contribution is -2.32. The minimum Gasteiger partial charge on any atom is -0.350 e. The highest BCUT2D eigenvalue weighted by Crippen LogP contribution is 2.30. The summed E-state index contributed by atoms with van der Waals surface area (Å²) in [6.07, 6.45) is 0.305. The Morgan fingerprint density at radius 1 is 1.42 bits per heavy atom. The molecule has 0 aromatic rings. The van der Waals surface area contributed by atoms with E-state index in [0.717, 1.165) is 0 Å². The first-order chi connectivity index (χ1) is 5.52. The van der Waals surface area contributed by atoms with Crippen LogP contribution in [-0.2, 0) is 14.3 Å². The fourth-order valence-electron chi connectivity index (χ4n) is 1.53. The Morgan fingerprint density at radius 3 is 2.33 bits per heavy atom. The van der Waals surface area contributed by atoms with Gasteiger partial charge in [-0.2, -0.15) is 0 Å². The molecule has 0 radical (unpaired) electrons. The molecule has 1 fully saturated rings. The smallest absolute Gasteiger partial charge is 0.163 e. The largest absolute Gasteiger partial charge is 0.350 e. The van der Waals surface area contributed by atoms with Gasteiger partial charge in [0.15, 0.2) is 6.29 Å². The molecule has 0 unspecified atom stereocenters. The van der Waals surface area contributed by atoms with Crippen LogP contribution in [0.2, 0.25) is 0 Å². The van der Waals surface area contributed by atoms with Crippen LogP contribution in [0.4, 0.5) is 0 Å².